The average Bonchev–Trinajstić information content (AvgIpc) is 2.39. The van der Waals surface area contributed by atoms with Crippen molar-refractivity contribution in [3.8, 4) is 12.3 Å². The summed E-state index contributed by atoms with van der Waals surface area (Å²) in [5.74, 6) is 2.36. The Morgan fingerprint density at radius 2 is 2.17 bits per heavy atom. The summed E-state index contributed by atoms with van der Waals surface area (Å²) in [5.41, 5.74) is 2.80. The highest BCUT2D eigenvalue weighted by atomic mass is 16.1. The first-order valence-electron chi connectivity index (χ1n) is 5.50. The first-order valence-corrected chi connectivity index (χ1v) is 5.50. The van der Waals surface area contributed by atoms with Crippen molar-refractivity contribution >= 4 is 11.6 Å². The van der Waals surface area contributed by atoms with E-state index in [-0.39, 0.29) is 5.91 Å². The molecule has 3 heteroatoms. The summed E-state index contributed by atoms with van der Waals surface area (Å²) in [7, 11) is 0. The third-order valence-corrected chi connectivity index (χ3v) is 2.45. The fraction of sp³-hybridized carbons (Fsp3) is 0.0667. The Hall–Kier alpha value is -2.60. The Morgan fingerprint density at radius 3 is 2.89 bits per heavy atom. The number of carbonyl (C=O) groups is 1. The summed E-state index contributed by atoms with van der Waals surface area (Å²) < 4.78 is 0. The lowest BCUT2D eigenvalue weighted by Gasteiger charge is -2.06. The molecular formula is C15H12N2O. The predicted octanol–water partition coefficient (Wildman–Crippen LogP) is 2.62. The summed E-state index contributed by atoms with van der Waals surface area (Å²) >= 11 is 0. The molecule has 2 rings (SSSR count). The van der Waals surface area contributed by atoms with Crippen LogP contribution in [-0.2, 0) is 0 Å². The molecule has 1 N–H and O–H groups in total. The van der Waals surface area contributed by atoms with Gasteiger partial charge in [0.1, 0.15) is 0 Å². The van der Waals surface area contributed by atoms with Crippen molar-refractivity contribution in [3.05, 3.63) is 59.4 Å². The van der Waals surface area contributed by atoms with Crippen LogP contribution in [0.25, 0.3) is 0 Å². The van der Waals surface area contributed by atoms with Crippen LogP contribution in [0.15, 0.2) is 42.6 Å². The number of hydrogen-bond donors (Lipinski definition) is 1. The Kier molecular flexibility index (Phi) is 3.40. The molecule has 0 radical (unpaired) electrons. The third-order valence-electron chi connectivity index (χ3n) is 2.45. The summed E-state index contributed by atoms with van der Waals surface area (Å²) in [5, 5.41) is 2.80. The first kappa shape index (κ1) is 11.9. The molecule has 0 atom stereocenters. The third kappa shape index (κ3) is 2.74. The largest absolute Gasteiger partial charge is 0.322 e. The van der Waals surface area contributed by atoms with Gasteiger partial charge in [0.15, 0.2) is 0 Å². The fourth-order valence-electron chi connectivity index (χ4n) is 1.58. The SMILES string of the molecule is C#Cc1cccc(NC(=O)c2ccnc(C)c2)c1. The summed E-state index contributed by atoms with van der Waals surface area (Å²) in [6.45, 7) is 1.84. The lowest BCUT2D eigenvalue weighted by Crippen LogP contribution is -2.12. The topological polar surface area (TPSA) is 42.0 Å². The van der Waals surface area contributed by atoms with Crippen LogP contribution in [-0.4, -0.2) is 10.9 Å². The number of aryl methyl sites for hydroxylation is 1. The fourth-order valence-corrected chi connectivity index (χ4v) is 1.58. The van der Waals surface area contributed by atoms with Gasteiger partial charge in [0.25, 0.3) is 5.91 Å². The number of rotatable bonds is 2. The zero-order chi connectivity index (χ0) is 13.0. The highest BCUT2D eigenvalue weighted by Gasteiger charge is 2.06. The molecule has 1 heterocycles. The molecule has 1 aromatic heterocycles. The number of benzene rings is 1. The predicted molar refractivity (Wildman–Crippen MR) is 71.3 cm³/mol. The quantitative estimate of drug-likeness (QED) is 0.814. The lowest BCUT2D eigenvalue weighted by atomic mass is 10.2. The van der Waals surface area contributed by atoms with Crippen LogP contribution in [0, 0.1) is 19.3 Å². The summed E-state index contributed by atoms with van der Waals surface area (Å²) in [4.78, 5) is 16.0. The molecule has 88 valence electrons. The second-order valence-corrected chi connectivity index (χ2v) is 3.87. The normalized spacial score (nSPS) is 9.56. The van der Waals surface area contributed by atoms with Crippen molar-refractivity contribution in [3.63, 3.8) is 0 Å². The van der Waals surface area contributed by atoms with Gasteiger partial charge in [-0.3, -0.25) is 9.78 Å². The number of nitrogens with zero attached hydrogens (tertiary/aromatic N) is 1. The number of anilines is 1. The molecule has 0 bridgehead atoms. The van der Waals surface area contributed by atoms with E-state index in [0.29, 0.717) is 11.3 Å². The van der Waals surface area contributed by atoms with Crippen molar-refractivity contribution in [2.45, 2.75) is 6.92 Å². The van der Waals surface area contributed by atoms with E-state index in [1.807, 2.05) is 19.1 Å². The van der Waals surface area contributed by atoms with Gasteiger partial charge in [-0.15, -0.1) is 6.42 Å². The molecule has 18 heavy (non-hydrogen) atoms. The van der Waals surface area contributed by atoms with Crippen LogP contribution >= 0.6 is 0 Å². The first-order chi connectivity index (χ1) is 8.69. The summed E-state index contributed by atoms with van der Waals surface area (Å²) in [6.07, 6.45) is 6.92. The minimum atomic E-state index is -0.172. The Bertz CT molecular complexity index is 626. The maximum Gasteiger partial charge on any atom is 0.255 e. The van der Waals surface area contributed by atoms with E-state index in [0.717, 1.165) is 11.3 Å². The number of carbonyl (C=O) groups excluding carboxylic acids is 1. The van der Waals surface area contributed by atoms with Crippen molar-refractivity contribution in [1.29, 1.82) is 0 Å². The highest BCUT2D eigenvalue weighted by Crippen LogP contribution is 2.11. The van der Waals surface area contributed by atoms with Crippen LogP contribution in [0.1, 0.15) is 21.6 Å². The van der Waals surface area contributed by atoms with E-state index < -0.39 is 0 Å². The van der Waals surface area contributed by atoms with Crippen LogP contribution in [0.4, 0.5) is 5.69 Å². The van der Waals surface area contributed by atoms with Gasteiger partial charge in [0, 0.05) is 28.7 Å². The number of pyridine rings is 1. The van der Waals surface area contributed by atoms with Crippen molar-refractivity contribution in [2.24, 2.45) is 0 Å². The molecule has 0 saturated carbocycles. The highest BCUT2D eigenvalue weighted by molar-refractivity contribution is 6.04. The van der Waals surface area contributed by atoms with E-state index >= 15 is 0 Å². The van der Waals surface area contributed by atoms with Gasteiger partial charge in [-0.25, -0.2) is 0 Å². The van der Waals surface area contributed by atoms with E-state index in [1.54, 1.807) is 30.5 Å². The van der Waals surface area contributed by atoms with E-state index in [4.69, 9.17) is 6.42 Å². The smallest absolute Gasteiger partial charge is 0.255 e. The van der Waals surface area contributed by atoms with Gasteiger partial charge >= 0.3 is 0 Å². The molecule has 0 saturated heterocycles. The van der Waals surface area contributed by atoms with Crippen LogP contribution < -0.4 is 5.32 Å². The number of hydrogen-bond acceptors (Lipinski definition) is 2. The molecule has 0 spiro atoms. The maximum atomic E-state index is 12.0. The summed E-state index contributed by atoms with van der Waals surface area (Å²) in [6, 6.07) is 10.6. The maximum absolute atomic E-state index is 12.0. The number of terminal acetylenes is 1. The minimum absolute atomic E-state index is 0.172. The zero-order valence-corrected chi connectivity index (χ0v) is 9.97. The van der Waals surface area contributed by atoms with E-state index in [9.17, 15) is 4.79 Å². The lowest BCUT2D eigenvalue weighted by molar-refractivity contribution is 0.102. The van der Waals surface area contributed by atoms with Crippen molar-refractivity contribution in [1.82, 2.24) is 4.98 Å². The Morgan fingerprint density at radius 1 is 1.33 bits per heavy atom. The zero-order valence-electron chi connectivity index (χ0n) is 9.97. The second-order valence-electron chi connectivity index (χ2n) is 3.87. The standard InChI is InChI=1S/C15H12N2O/c1-3-12-5-4-6-14(10-12)17-15(18)13-7-8-16-11(2)9-13/h1,4-10H,2H3,(H,17,18). The minimum Gasteiger partial charge on any atom is -0.322 e. The molecule has 0 unspecified atom stereocenters. The Balaban J connectivity index is 2.19. The Labute approximate surface area is 106 Å². The molecule has 1 aromatic carbocycles. The number of nitrogens with one attached hydrogen (secondary N) is 1. The molecule has 2 aromatic rings. The molecular weight excluding hydrogens is 224 g/mol. The molecule has 0 aliphatic carbocycles. The van der Waals surface area contributed by atoms with E-state index in [1.165, 1.54) is 0 Å². The van der Waals surface area contributed by atoms with Crippen molar-refractivity contribution in [2.75, 3.05) is 5.32 Å². The van der Waals surface area contributed by atoms with Crippen LogP contribution in [0.5, 0.6) is 0 Å². The van der Waals surface area contributed by atoms with Crippen molar-refractivity contribution < 1.29 is 4.79 Å². The second kappa shape index (κ2) is 5.15. The molecule has 0 aliphatic heterocycles. The van der Waals surface area contributed by atoms with Gasteiger partial charge in [0.05, 0.1) is 0 Å². The average molecular weight is 236 g/mol. The van der Waals surface area contributed by atoms with Crippen LogP contribution in [0.2, 0.25) is 0 Å². The number of amides is 1. The van der Waals surface area contributed by atoms with E-state index in [2.05, 4.69) is 16.2 Å². The van der Waals surface area contributed by atoms with Gasteiger partial charge in [0.2, 0.25) is 0 Å². The molecule has 0 aliphatic rings. The molecule has 1 amide bonds. The van der Waals surface area contributed by atoms with Gasteiger partial charge < -0.3 is 5.32 Å². The van der Waals surface area contributed by atoms with Gasteiger partial charge in [-0.05, 0) is 37.3 Å². The molecule has 3 nitrogen and oxygen atoms in total. The van der Waals surface area contributed by atoms with Gasteiger partial charge in [-0.2, -0.15) is 0 Å². The monoisotopic (exact) mass is 236 g/mol. The molecule has 0 fully saturated rings. The van der Waals surface area contributed by atoms with Gasteiger partial charge in [-0.1, -0.05) is 12.0 Å². The van der Waals surface area contributed by atoms with Crippen LogP contribution in [0.3, 0.4) is 0 Å². The number of aromatic nitrogens is 1.